The van der Waals surface area contributed by atoms with Crippen molar-refractivity contribution in [2.24, 2.45) is 0 Å². The monoisotopic (exact) mass is 528 g/mol. The Kier molecular flexibility index (Phi) is 7.33. The van der Waals surface area contributed by atoms with E-state index in [9.17, 15) is 14.0 Å². The molecule has 2 N–H and O–H groups in total. The Hall–Kier alpha value is -4.63. The average molecular weight is 529 g/mol. The Labute approximate surface area is 226 Å². The van der Waals surface area contributed by atoms with Crippen LogP contribution in [-0.2, 0) is 9.59 Å². The van der Waals surface area contributed by atoms with Gasteiger partial charge in [-0.25, -0.2) is 4.39 Å². The van der Waals surface area contributed by atoms with Crippen LogP contribution in [0.1, 0.15) is 24.5 Å². The van der Waals surface area contributed by atoms with Crippen molar-refractivity contribution in [3.63, 3.8) is 0 Å². The smallest absolute Gasteiger partial charge is 0.258 e. The molecule has 2 aliphatic heterocycles. The molecule has 9 heteroatoms. The summed E-state index contributed by atoms with van der Waals surface area (Å²) in [5.74, 6) is 0.221. The van der Waals surface area contributed by atoms with E-state index < -0.39 is 5.82 Å². The lowest BCUT2D eigenvalue weighted by molar-refractivity contribution is -0.116. The minimum absolute atomic E-state index is 0.0333. The summed E-state index contributed by atoms with van der Waals surface area (Å²) in [6.07, 6.45) is 3.73. The number of rotatable bonds is 8. The first kappa shape index (κ1) is 26.0. The molecule has 3 aromatic rings. The number of hydrogen-bond acceptors (Lipinski definition) is 6. The van der Waals surface area contributed by atoms with Crippen LogP contribution < -0.4 is 25.0 Å². The van der Waals surface area contributed by atoms with Crippen molar-refractivity contribution in [2.45, 2.75) is 13.3 Å². The van der Waals surface area contributed by atoms with E-state index in [1.807, 2.05) is 44.4 Å². The molecule has 0 fully saturated rings. The number of nitrogens with one attached hydrogen (secondary N) is 2. The molecule has 39 heavy (non-hydrogen) atoms. The summed E-state index contributed by atoms with van der Waals surface area (Å²) >= 11 is 0. The fourth-order valence-corrected chi connectivity index (χ4v) is 4.61. The normalized spacial score (nSPS) is 14.6. The number of benzene rings is 3. The van der Waals surface area contributed by atoms with Crippen molar-refractivity contribution in [2.75, 3.05) is 42.7 Å². The molecule has 0 radical (unpaired) electrons. The zero-order chi connectivity index (χ0) is 27.5. The largest absolute Gasteiger partial charge is 0.458 e. The molecular formula is C30H29FN4O4. The molecule has 0 aliphatic carbocycles. The molecule has 0 atom stereocenters. The maximum Gasteiger partial charge on any atom is 0.258 e. The van der Waals surface area contributed by atoms with Crippen molar-refractivity contribution in [3.8, 4) is 11.5 Å². The van der Waals surface area contributed by atoms with Crippen molar-refractivity contribution in [1.29, 1.82) is 0 Å². The highest BCUT2D eigenvalue weighted by Crippen LogP contribution is 2.40. The summed E-state index contributed by atoms with van der Waals surface area (Å²) in [6.45, 7) is 3.04. The van der Waals surface area contributed by atoms with Gasteiger partial charge in [-0.15, -0.1) is 0 Å². The lowest BCUT2D eigenvalue weighted by Crippen LogP contribution is -2.31. The van der Waals surface area contributed by atoms with Crippen LogP contribution in [0.3, 0.4) is 0 Å². The molecule has 0 aromatic heterocycles. The molecule has 3 aromatic carbocycles. The number of amides is 2. The standard InChI is InChI=1S/C30H29FN4O4/c1-19(36)35(14-4-13-34(2)3)23-9-7-22(8-10-23)32-29(20-5-12-26-27(17-20)39-16-15-38-26)28-24-11-6-21(31)18-25(24)33-30(28)37/h5-12,15-18,32H,4,13-14H2,1-3H3,(H,33,37)/b29-28-. The van der Waals surface area contributed by atoms with Gasteiger partial charge in [0.1, 0.15) is 18.3 Å². The Morgan fingerprint density at radius 3 is 2.41 bits per heavy atom. The topological polar surface area (TPSA) is 83.1 Å². The molecular weight excluding hydrogens is 499 g/mol. The van der Waals surface area contributed by atoms with Crippen molar-refractivity contribution in [1.82, 2.24) is 4.90 Å². The van der Waals surface area contributed by atoms with Crippen LogP contribution in [0, 0.1) is 5.82 Å². The first-order valence-electron chi connectivity index (χ1n) is 12.6. The third kappa shape index (κ3) is 5.63. The van der Waals surface area contributed by atoms with Crippen LogP contribution in [0.15, 0.2) is 73.2 Å². The van der Waals surface area contributed by atoms with E-state index in [-0.39, 0.29) is 11.8 Å². The highest BCUT2D eigenvalue weighted by Gasteiger charge is 2.29. The van der Waals surface area contributed by atoms with E-state index in [4.69, 9.17) is 9.47 Å². The summed E-state index contributed by atoms with van der Waals surface area (Å²) < 4.78 is 25.0. The Morgan fingerprint density at radius 1 is 0.949 bits per heavy atom. The third-order valence-electron chi connectivity index (χ3n) is 6.47. The van der Waals surface area contributed by atoms with E-state index in [1.54, 1.807) is 30.0 Å². The molecule has 0 saturated carbocycles. The van der Waals surface area contributed by atoms with E-state index in [2.05, 4.69) is 15.5 Å². The molecule has 0 spiro atoms. The predicted octanol–water partition coefficient (Wildman–Crippen LogP) is 5.31. The van der Waals surface area contributed by atoms with E-state index in [0.29, 0.717) is 51.8 Å². The predicted molar refractivity (Wildman–Crippen MR) is 150 cm³/mol. The Balaban J connectivity index is 1.51. The van der Waals surface area contributed by atoms with Gasteiger partial charge in [-0.3, -0.25) is 9.59 Å². The Morgan fingerprint density at radius 2 is 1.69 bits per heavy atom. The van der Waals surface area contributed by atoms with Crippen molar-refractivity contribution >= 4 is 40.1 Å². The molecule has 8 nitrogen and oxygen atoms in total. The molecule has 0 unspecified atom stereocenters. The number of halogens is 1. The van der Waals surface area contributed by atoms with Gasteiger partial charge in [0.05, 0.1) is 17.0 Å². The summed E-state index contributed by atoms with van der Waals surface area (Å²) in [5, 5.41) is 6.14. The zero-order valence-electron chi connectivity index (χ0n) is 22.0. The van der Waals surface area contributed by atoms with Gasteiger partial charge in [0.2, 0.25) is 5.91 Å². The summed E-state index contributed by atoms with van der Waals surface area (Å²) in [6, 6.07) is 17.0. The van der Waals surface area contributed by atoms with Gasteiger partial charge >= 0.3 is 0 Å². The second kappa shape index (κ2) is 11.0. The minimum Gasteiger partial charge on any atom is -0.458 e. The molecule has 2 amide bonds. The summed E-state index contributed by atoms with van der Waals surface area (Å²) in [7, 11) is 4.01. The van der Waals surface area contributed by atoms with Crippen molar-refractivity contribution in [3.05, 3.63) is 90.1 Å². The van der Waals surface area contributed by atoms with Gasteiger partial charge in [-0.2, -0.15) is 0 Å². The number of carbonyl (C=O) groups excluding carboxylic acids is 2. The maximum atomic E-state index is 13.9. The highest BCUT2D eigenvalue weighted by molar-refractivity contribution is 6.37. The van der Waals surface area contributed by atoms with Crippen LogP contribution in [-0.4, -0.2) is 43.9 Å². The number of carbonyl (C=O) groups is 2. The molecule has 0 bridgehead atoms. The highest BCUT2D eigenvalue weighted by atomic mass is 19.1. The van der Waals surface area contributed by atoms with Gasteiger partial charge < -0.3 is 29.9 Å². The van der Waals surface area contributed by atoms with Gasteiger partial charge in [0.25, 0.3) is 5.91 Å². The molecule has 2 aliphatic rings. The van der Waals surface area contributed by atoms with Crippen LogP contribution in [0.25, 0.3) is 11.3 Å². The van der Waals surface area contributed by atoms with Crippen LogP contribution in [0.2, 0.25) is 0 Å². The maximum absolute atomic E-state index is 13.9. The van der Waals surface area contributed by atoms with E-state index >= 15 is 0 Å². The molecule has 200 valence electrons. The number of nitrogens with zero attached hydrogens (tertiary/aromatic N) is 2. The fourth-order valence-electron chi connectivity index (χ4n) is 4.61. The van der Waals surface area contributed by atoms with Crippen molar-refractivity contribution < 1.29 is 23.5 Å². The fraction of sp³-hybridized carbons (Fsp3) is 0.200. The van der Waals surface area contributed by atoms with Gasteiger partial charge in [0, 0.05) is 36.0 Å². The summed E-state index contributed by atoms with van der Waals surface area (Å²) in [4.78, 5) is 29.3. The first-order chi connectivity index (χ1) is 18.8. The average Bonchev–Trinajstić information content (AvgIpc) is 3.24. The zero-order valence-corrected chi connectivity index (χ0v) is 22.0. The molecule has 0 saturated heterocycles. The summed E-state index contributed by atoms with van der Waals surface area (Å²) in [5.41, 5.74) is 4.03. The minimum atomic E-state index is -0.438. The SMILES string of the molecule is CC(=O)N(CCCN(C)C)c1ccc(N/C(=C2\C(=O)Nc3cc(F)ccc32)c2ccc3c(c2)OC=CO3)cc1. The number of hydrogen-bond donors (Lipinski definition) is 2. The van der Waals surface area contributed by atoms with Crippen LogP contribution in [0.4, 0.5) is 21.5 Å². The lowest BCUT2D eigenvalue weighted by Gasteiger charge is -2.23. The van der Waals surface area contributed by atoms with Gasteiger partial charge in [-0.05, 0) is 87.7 Å². The second-order valence-electron chi connectivity index (χ2n) is 9.56. The second-order valence-corrected chi connectivity index (χ2v) is 9.56. The first-order valence-corrected chi connectivity index (χ1v) is 12.6. The van der Waals surface area contributed by atoms with E-state index in [0.717, 1.165) is 18.7 Å². The number of ether oxygens (including phenoxy) is 2. The quantitative estimate of drug-likeness (QED) is 0.386. The number of fused-ring (bicyclic) bond motifs is 2. The van der Waals surface area contributed by atoms with Crippen LogP contribution >= 0.6 is 0 Å². The van der Waals surface area contributed by atoms with Crippen LogP contribution in [0.5, 0.6) is 11.5 Å². The molecule has 5 rings (SSSR count). The van der Waals surface area contributed by atoms with Gasteiger partial charge in [-0.1, -0.05) is 0 Å². The van der Waals surface area contributed by atoms with Gasteiger partial charge in [0.15, 0.2) is 11.5 Å². The number of anilines is 3. The lowest BCUT2D eigenvalue weighted by atomic mass is 9.99. The third-order valence-corrected chi connectivity index (χ3v) is 6.47. The van der Waals surface area contributed by atoms with E-state index in [1.165, 1.54) is 24.7 Å². The molecule has 2 heterocycles. The Bertz CT molecular complexity index is 1480.